The largest absolute Gasteiger partial charge is 0.468 e. The van der Waals surface area contributed by atoms with Crippen molar-refractivity contribution < 1.29 is 49.1 Å². The number of sulfonamides is 1. The van der Waals surface area contributed by atoms with Gasteiger partial charge in [0.05, 0.1) is 49.0 Å². The summed E-state index contributed by atoms with van der Waals surface area (Å²) in [5.41, 5.74) is -4.79. The third-order valence-electron chi connectivity index (χ3n) is 6.03. The van der Waals surface area contributed by atoms with E-state index >= 15 is 0 Å². The van der Waals surface area contributed by atoms with Gasteiger partial charge in [-0.2, -0.15) is 31.4 Å². The summed E-state index contributed by atoms with van der Waals surface area (Å²) < 4.78 is 109. The maximum Gasteiger partial charge on any atom is 0.416 e. The van der Waals surface area contributed by atoms with Gasteiger partial charge in [0.2, 0.25) is 10.0 Å². The maximum atomic E-state index is 13.4. The van der Waals surface area contributed by atoms with Crippen LogP contribution in [0.3, 0.4) is 0 Å². The lowest BCUT2D eigenvalue weighted by molar-refractivity contribution is -0.148. The number of alkyl halides is 6. The van der Waals surface area contributed by atoms with Gasteiger partial charge < -0.3 is 10.1 Å². The normalized spacial score (nSPS) is 19.4. The second kappa shape index (κ2) is 8.89. The van der Waals surface area contributed by atoms with Crippen molar-refractivity contribution >= 4 is 39.1 Å². The summed E-state index contributed by atoms with van der Waals surface area (Å²) in [4.78, 5) is 25.9. The van der Waals surface area contributed by atoms with Gasteiger partial charge in [0.1, 0.15) is 0 Å². The van der Waals surface area contributed by atoms with Crippen molar-refractivity contribution in [2.45, 2.75) is 12.4 Å². The second-order valence-electron chi connectivity index (χ2n) is 8.58. The predicted octanol–water partition coefficient (Wildman–Crippen LogP) is 3.92. The summed E-state index contributed by atoms with van der Waals surface area (Å²) in [6.45, 7) is -1.27. The molecule has 0 bridgehead atoms. The van der Waals surface area contributed by atoms with Crippen LogP contribution in [0, 0.1) is 5.41 Å². The minimum Gasteiger partial charge on any atom is -0.468 e. The number of benzene rings is 2. The first-order chi connectivity index (χ1) is 17.5. The van der Waals surface area contributed by atoms with E-state index in [2.05, 4.69) is 10.4 Å². The quantitative estimate of drug-likeness (QED) is 0.449. The summed E-state index contributed by atoms with van der Waals surface area (Å²) in [5, 5.41) is 7.16. The van der Waals surface area contributed by atoms with Crippen LogP contribution in [0.4, 0.5) is 42.5 Å². The molecule has 38 heavy (non-hydrogen) atoms. The standard InChI is InChI=1S/C22H18F6N4O5S/c1-37-18(33)20-10-31(19(34)29-14-6-3-12(4-7-14)21(23,24)25)30-17(20)15-8-5-13(22(26,27)28)9-16(15)32(11-20)38(2,35)36/h3-9H,10-11H2,1-2H3,(H,29,34). The van der Waals surface area contributed by atoms with Gasteiger partial charge in [0, 0.05) is 11.3 Å². The van der Waals surface area contributed by atoms with Gasteiger partial charge in [-0.25, -0.2) is 18.2 Å². The van der Waals surface area contributed by atoms with E-state index in [4.69, 9.17) is 4.74 Å². The zero-order valence-corrected chi connectivity index (χ0v) is 20.3. The molecule has 2 aliphatic rings. The van der Waals surface area contributed by atoms with Gasteiger partial charge in [0.15, 0.2) is 5.41 Å². The Bertz CT molecular complexity index is 1440. The molecule has 0 aromatic heterocycles. The van der Waals surface area contributed by atoms with E-state index in [1.165, 1.54) is 0 Å². The molecule has 2 amide bonds. The number of carbonyl (C=O) groups excluding carboxylic acids is 2. The lowest BCUT2D eigenvalue weighted by Crippen LogP contribution is -2.56. The molecule has 0 saturated heterocycles. The van der Waals surface area contributed by atoms with E-state index in [0.717, 1.165) is 48.7 Å². The van der Waals surface area contributed by atoms with Gasteiger partial charge in [-0.3, -0.25) is 9.10 Å². The highest BCUT2D eigenvalue weighted by molar-refractivity contribution is 7.92. The van der Waals surface area contributed by atoms with Crippen molar-refractivity contribution in [3.05, 3.63) is 59.2 Å². The van der Waals surface area contributed by atoms with Crippen molar-refractivity contribution in [1.82, 2.24) is 5.01 Å². The minimum atomic E-state index is -4.81. The van der Waals surface area contributed by atoms with Crippen LogP contribution < -0.4 is 9.62 Å². The molecule has 2 aromatic rings. The summed E-state index contributed by atoms with van der Waals surface area (Å²) in [6.07, 6.45) is -8.66. The van der Waals surface area contributed by atoms with Gasteiger partial charge >= 0.3 is 24.4 Å². The average molecular weight is 564 g/mol. The predicted molar refractivity (Wildman–Crippen MR) is 122 cm³/mol. The third kappa shape index (κ3) is 4.75. The first-order valence-electron chi connectivity index (χ1n) is 10.6. The number of amides is 2. The number of fused-ring (bicyclic) bond motifs is 3. The molecule has 204 valence electrons. The summed E-state index contributed by atoms with van der Waals surface area (Å²) in [6, 6.07) is 4.70. The first kappa shape index (κ1) is 27.2. The highest BCUT2D eigenvalue weighted by Crippen LogP contribution is 2.45. The molecular formula is C22H18F6N4O5S. The van der Waals surface area contributed by atoms with Crippen LogP contribution >= 0.6 is 0 Å². The van der Waals surface area contributed by atoms with Crippen LogP contribution in [0.1, 0.15) is 16.7 Å². The topological polar surface area (TPSA) is 108 Å². The number of esters is 1. The second-order valence-corrected chi connectivity index (χ2v) is 10.5. The number of nitrogens with one attached hydrogen (secondary N) is 1. The summed E-state index contributed by atoms with van der Waals surface area (Å²) >= 11 is 0. The van der Waals surface area contributed by atoms with Gasteiger partial charge in [-0.15, -0.1) is 0 Å². The Morgan fingerprint density at radius 2 is 1.55 bits per heavy atom. The molecule has 0 fully saturated rings. The number of nitrogens with zero attached hydrogens (tertiary/aromatic N) is 3. The monoisotopic (exact) mass is 564 g/mol. The Hall–Kier alpha value is -3.82. The number of urea groups is 1. The molecule has 1 N–H and O–H groups in total. The molecule has 0 saturated carbocycles. The minimum absolute atomic E-state index is 0.0434. The number of carbonyl (C=O) groups is 2. The lowest BCUT2D eigenvalue weighted by atomic mass is 9.76. The van der Waals surface area contributed by atoms with Crippen molar-refractivity contribution in [3.8, 4) is 0 Å². The maximum absolute atomic E-state index is 13.4. The van der Waals surface area contributed by atoms with Crippen LogP contribution in [0.25, 0.3) is 0 Å². The smallest absolute Gasteiger partial charge is 0.416 e. The van der Waals surface area contributed by atoms with E-state index in [1.807, 2.05) is 0 Å². The van der Waals surface area contributed by atoms with Crippen LogP contribution in [-0.2, 0) is 31.9 Å². The fraction of sp³-hybridized carbons (Fsp3) is 0.318. The molecule has 2 heterocycles. The number of ether oxygens (including phenoxy) is 1. The fourth-order valence-corrected chi connectivity index (χ4v) is 5.19. The van der Waals surface area contributed by atoms with Crippen LogP contribution in [0.15, 0.2) is 47.6 Å². The zero-order chi connectivity index (χ0) is 28.3. The molecule has 16 heteroatoms. The Morgan fingerprint density at radius 3 is 2.08 bits per heavy atom. The highest BCUT2D eigenvalue weighted by Gasteiger charge is 2.57. The van der Waals surface area contributed by atoms with E-state index in [0.29, 0.717) is 16.4 Å². The first-order valence-corrected chi connectivity index (χ1v) is 12.4. The average Bonchev–Trinajstić information content (AvgIpc) is 3.23. The van der Waals surface area contributed by atoms with E-state index in [-0.39, 0.29) is 17.0 Å². The van der Waals surface area contributed by atoms with Gasteiger partial charge in [-0.05, 0) is 36.4 Å². The molecular weight excluding hydrogens is 546 g/mol. The molecule has 2 aromatic carbocycles. The molecule has 1 atom stereocenters. The molecule has 0 radical (unpaired) electrons. The number of hydrogen-bond acceptors (Lipinski definition) is 6. The summed E-state index contributed by atoms with van der Waals surface area (Å²) in [7, 11) is -3.22. The van der Waals surface area contributed by atoms with Gasteiger partial charge in [-0.1, -0.05) is 6.07 Å². The van der Waals surface area contributed by atoms with Gasteiger partial charge in [0.25, 0.3) is 0 Å². The third-order valence-corrected chi connectivity index (χ3v) is 7.16. The summed E-state index contributed by atoms with van der Waals surface area (Å²) in [5.74, 6) is -1.000. The van der Waals surface area contributed by atoms with E-state index in [1.54, 1.807) is 0 Å². The SMILES string of the molecule is COC(=O)C12CN(C(=O)Nc3ccc(C(F)(F)F)cc3)N=C1c1ccc(C(F)(F)F)cc1N(S(C)(=O)=O)C2. The van der Waals surface area contributed by atoms with E-state index in [9.17, 15) is 44.3 Å². The lowest BCUT2D eigenvalue weighted by Gasteiger charge is -2.39. The Balaban J connectivity index is 1.76. The molecule has 0 aliphatic carbocycles. The highest BCUT2D eigenvalue weighted by atomic mass is 32.2. The number of hydrogen-bond donors (Lipinski definition) is 1. The fourth-order valence-electron chi connectivity index (χ4n) is 4.23. The van der Waals surface area contributed by atoms with Crippen molar-refractivity contribution in [1.29, 1.82) is 0 Å². The number of methoxy groups -OCH3 is 1. The molecule has 2 aliphatic heterocycles. The Morgan fingerprint density at radius 1 is 0.974 bits per heavy atom. The van der Waals surface area contributed by atoms with Crippen LogP contribution in [-0.4, -0.2) is 57.6 Å². The van der Waals surface area contributed by atoms with Crippen molar-refractivity contribution in [2.75, 3.05) is 36.1 Å². The molecule has 4 rings (SSSR count). The van der Waals surface area contributed by atoms with Crippen molar-refractivity contribution in [2.24, 2.45) is 10.5 Å². The number of halogens is 6. The molecule has 1 unspecified atom stereocenters. The van der Waals surface area contributed by atoms with Crippen molar-refractivity contribution in [3.63, 3.8) is 0 Å². The number of rotatable bonds is 3. The number of anilines is 2. The molecule has 9 nitrogen and oxygen atoms in total. The van der Waals surface area contributed by atoms with E-state index < -0.39 is 69.7 Å². The Kier molecular flexibility index (Phi) is 6.37. The molecule has 0 spiro atoms. The zero-order valence-electron chi connectivity index (χ0n) is 19.5. The van der Waals surface area contributed by atoms with Crippen LogP contribution in [0.2, 0.25) is 0 Å². The number of hydrazone groups is 1. The van der Waals surface area contributed by atoms with Crippen LogP contribution in [0.5, 0.6) is 0 Å². The Labute approximate surface area is 211 Å².